The Morgan fingerprint density at radius 1 is 0.833 bits per heavy atom. The second-order valence-corrected chi connectivity index (χ2v) is 6.14. The first-order valence-electron chi connectivity index (χ1n) is 8.29. The molecule has 0 aromatic heterocycles. The number of aryl methyl sites for hydroxylation is 1. The van der Waals surface area contributed by atoms with Crippen molar-refractivity contribution in [1.82, 2.24) is 0 Å². The smallest absolute Gasteiger partial charge is 0.141 e. The first kappa shape index (κ1) is 16.1. The number of aromatic hydroxyl groups is 1. The molecule has 0 aliphatic carbocycles. The van der Waals surface area contributed by atoms with E-state index in [9.17, 15) is 5.11 Å². The molecule has 24 heavy (non-hydrogen) atoms. The van der Waals surface area contributed by atoms with Crippen molar-refractivity contribution in [1.29, 1.82) is 0 Å². The van der Waals surface area contributed by atoms with Crippen molar-refractivity contribution in [2.75, 3.05) is 12.4 Å². The van der Waals surface area contributed by atoms with Gasteiger partial charge < -0.3 is 10.4 Å². The largest absolute Gasteiger partial charge is 0.505 e. The van der Waals surface area contributed by atoms with Gasteiger partial charge in [-0.1, -0.05) is 72.3 Å². The van der Waals surface area contributed by atoms with Crippen LogP contribution in [0.5, 0.6) is 5.75 Å². The van der Waals surface area contributed by atoms with E-state index in [1.165, 1.54) is 16.7 Å². The lowest BCUT2D eigenvalue weighted by atomic mass is 9.85. The number of benzene rings is 3. The van der Waals surface area contributed by atoms with Crippen LogP contribution in [0.25, 0.3) is 0 Å². The molecule has 2 N–H and O–H groups in total. The van der Waals surface area contributed by atoms with Crippen LogP contribution in [-0.4, -0.2) is 12.2 Å². The summed E-state index contributed by atoms with van der Waals surface area (Å²) in [6, 6.07) is 25.0. The van der Waals surface area contributed by atoms with Crippen LogP contribution in [0, 0.1) is 6.92 Å². The molecule has 3 rings (SSSR count). The van der Waals surface area contributed by atoms with Crippen molar-refractivity contribution < 1.29 is 5.11 Å². The summed E-state index contributed by atoms with van der Waals surface area (Å²) in [6.45, 7) is 2.10. The maximum absolute atomic E-state index is 10.5. The average Bonchev–Trinajstić information content (AvgIpc) is 2.62. The second kappa shape index (κ2) is 7.22. The Labute approximate surface area is 143 Å². The first-order valence-corrected chi connectivity index (χ1v) is 8.29. The SMILES string of the molecule is CNc1cccc(CC(c2ccccc2)c2ccc(C)cc2)c1O. The molecule has 0 aliphatic heterocycles. The first-order chi connectivity index (χ1) is 11.7. The Kier molecular flexibility index (Phi) is 4.85. The lowest BCUT2D eigenvalue weighted by Gasteiger charge is -2.20. The van der Waals surface area contributed by atoms with E-state index in [0.717, 1.165) is 17.7 Å². The molecule has 3 aromatic carbocycles. The van der Waals surface area contributed by atoms with E-state index in [0.29, 0.717) is 5.75 Å². The molecule has 0 bridgehead atoms. The van der Waals surface area contributed by atoms with Crippen molar-refractivity contribution >= 4 is 5.69 Å². The van der Waals surface area contributed by atoms with Gasteiger partial charge in [0.2, 0.25) is 0 Å². The zero-order valence-corrected chi connectivity index (χ0v) is 14.2. The highest BCUT2D eigenvalue weighted by molar-refractivity contribution is 5.59. The lowest BCUT2D eigenvalue weighted by molar-refractivity contribution is 0.469. The van der Waals surface area contributed by atoms with Gasteiger partial charge in [-0.2, -0.15) is 0 Å². The standard InChI is InChI=1S/C22H23NO/c1-16-11-13-18(14-12-16)20(17-7-4-3-5-8-17)15-19-9-6-10-21(23-2)22(19)24/h3-14,20,23-24H,15H2,1-2H3. The molecule has 1 atom stereocenters. The van der Waals surface area contributed by atoms with Crippen molar-refractivity contribution in [3.05, 3.63) is 95.1 Å². The van der Waals surface area contributed by atoms with E-state index in [1.807, 2.05) is 31.3 Å². The molecule has 122 valence electrons. The molecule has 0 amide bonds. The number of phenols is 1. The van der Waals surface area contributed by atoms with Crippen LogP contribution in [0.2, 0.25) is 0 Å². The van der Waals surface area contributed by atoms with Crippen molar-refractivity contribution in [3.63, 3.8) is 0 Å². The minimum absolute atomic E-state index is 0.213. The van der Waals surface area contributed by atoms with Gasteiger partial charge in [-0.05, 0) is 36.1 Å². The van der Waals surface area contributed by atoms with Crippen molar-refractivity contribution in [2.45, 2.75) is 19.3 Å². The topological polar surface area (TPSA) is 32.3 Å². The van der Waals surface area contributed by atoms with Crippen LogP contribution in [0.15, 0.2) is 72.8 Å². The Morgan fingerprint density at radius 3 is 2.17 bits per heavy atom. The summed E-state index contributed by atoms with van der Waals surface area (Å²) in [7, 11) is 1.83. The zero-order valence-electron chi connectivity index (χ0n) is 14.2. The van der Waals surface area contributed by atoms with E-state index < -0.39 is 0 Å². The van der Waals surface area contributed by atoms with E-state index in [-0.39, 0.29) is 5.92 Å². The average molecular weight is 317 g/mol. The molecule has 2 heteroatoms. The molecule has 1 unspecified atom stereocenters. The van der Waals surface area contributed by atoms with Crippen LogP contribution in [0.3, 0.4) is 0 Å². The number of phenolic OH excluding ortho intramolecular Hbond substituents is 1. The molecule has 0 aliphatic rings. The molecule has 0 saturated carbocycles. The van der Waals surface area contributed by atoms with E-state index in [4.69, 9.17) is 0 Å². The van der Waals surface area contributed by atoms with Crippen molar-refractivity contribution in [2.24, 2.45) is 0 Å². The fourth-order valence-electron chi connectivity index (χ4n) is 3.09. The van der Waals surface area contributed by atoms with Crippen LogP contribution < -0.4 is 5.32 Å². The highest BCUT2D eigenvalue weighted by Crippen LogP contribution is 2.34. The van der Waals surface area contributed by atoms with Crippen LogP contribution in [0.1, 0.15) is 28.2 Å². The van der Waals surface area contributed by atoms with Gasteiger partial charge in [0, 0.05) is 13.0 Å². The Balaban J connectivity index is 2.01. The van der Waals surface area contributed by atoms with Gasteiger partial charge in [0.25, 0.3) is 0 Å². The maximum Gasteiger partial charge on any atom is 0.141 e. The van der Waals surface area contributed by atoms with Crippen LogP contribution in [-0.2, 0) is 6.42 Å². The summed E-state index contributed by atoms with van der Waals surface area (Å²) in [5.41, 5.74) is 5.50. The molecule has 0 spiro atoms. The highest BCUT2D eigenvalue weighted by atomic mass is 16.3. The van der Waals surface area contributed by atoms with Crippen molar-refractivity contribution in [3.8, 4) is 5.75 Å². The normalized spacial score (nSPS) is 11.9. The molecule has 0 heterocycles. The summed E-state index contributed by atoms with van der Waals surface area (Å²) in [6.07, 6.45) is 0.758. The third-order valence-corrected chi connectivity index (χ3v) is 4.49. The quantitative estimate of drug-likeness (QED) is 0.640. The molecule has 3 aromatic rings. The van der Waals surface area contributed by atoms with Gasteiger partial charge in [-0.25, -0.2) is 0 Å². The maximum atomic E-state index is 10.5. The Morgan fingerprint density at radius 2 is 1.50 bits per heavy atom. The Hall–Kier alpha value is -2.74. The molecule has 2 nitrogen and oxygen atoms in total. The summed E-state index contributed by atoms with van der Waals surface area (Å²) in [5, 5.41) is 13.6. The van der Waals surface area contributed by atoms with E-state index >= 15 is 0 Å². The summed E-state index contributed by atoms with van der Waals surface area (Å²) in [5.74, 6) is 0.554. The number of hydrogen-bond donors (Lipinski definition) is 2. The van der Waals surface area contributed by atoms with Gasteiger partial charge in [-0.15, -0.1) is 0 Å². The molecule has 0 radical (unpaired) electrons. The zero-order chi connectivity index (χ0) is 16.9. The summed E-state index contributed by atoms with van der Waals surface area (Å²) in [4.78, 5) is 0. The highest BCUT2D eigenvalue weighted by Gasteiger charge is 2.17. The monoisotopic (exact) mass is 317 g/mol. The fraction of sp³-hybridized carbons (Fsp3) is 0.182. The van der Waals surface area contributed by atoms with Crippen LogP contribution in [0.4, 0.5) is 5.69 Å². The van der Waals surface area contributed by atoms with E-state index in [2.05, 4.69) is 60.8 Å². The summed E-state index contributed by atoms with van der Waals surface area (Å²) >= 11 is 0. The third-order valence-electron chi connectivity index (χ3n) is 4.49. The second-order valence-electron chi connectivity index (χ2n) is 6.14. The third kappa shape index (κ3) is 3.43. The molecular formula is C22H23NO. The minimum Gasteiger partial charge on any atom is -0.505 e. The molecule has 0 fully saturated rings. The van der Waals surface area contributed by atoms with Gasteiger partial charge in [0.1, 0.15) is 5.75 Å². The number of nitrogens with one attached hydrogen (secondary N) is 1. The van der Waals surface area contributed by atoms with Gasteiger partial charge in [-0.3, -0.25) is 0 Å². The van der Waals surface area contributed by atoms with Gasteiger partial charge >= 0.3 is 0 Å². The predicted molar refractivity (Wildman–Crippen MR) is 101 cm³/mol. The number of anilines is 1. The number of para-hydroxylation sites is 1. The van der Waals surface area contributed by atoms with E-state index in [1.54, 1.807) is 0 Å². The van der Waals surface area contributed by atoms with Gasteiger partial charge in [0.15, 0.2) is 0 Å². The predicted octanol–water partition coefficient (Wildman–Crippen LogP) is 5.12. The Bertz CT molecular complexity index is 794. The number of rotatable bonds is 5. The molecule has 0 saturated heterocycles. The fourth-order valence-corrected chi connectivity index (χ4v) is 3.09. The molecular weight excluding hydrogens is 294 g/mol. The van der Waals surface area contributed by atoms with Gasteiger partial charge in [0.05, 0.1) is 5.69 Å². The summed E-state index contributed by atoms with van der Waals surface area (Å²) < 4.78 is 0. The lowest BCUT2D eigenvalue weighted by Crippen LogP contribution is -2.06. The van der Waals surface area contributed by atoms with Crippen LogP contribution >= 0.6 is 0 Å². The number of hydrogen-bond acceptors (Lipinski definition) is 2. The minimum atomic E-state index is 0.213.